The molecule has 0 aromatic carbocycles. The van der Waals surface area contributed by atoms with Crippen molar-refractivity contribution < 1.29 is 32.3 Å². The van der Waals surface area contributed by atoms with Gasteiger partial charge >= 0.3 is 6.18 Å². The van der Waals surface area contributed by atoms with Crippen molar-refractivity contribution >= 4 is 47.2 Å². The van der Waals surface area contributed by atoms with Gasteiger partial charge in [0, 0.05) is 36.9 Å². The van der Waals surface area contributed by atoms with E-state index in [1.165, 1.54) is 4.90 Å². The summed E-state index contributed by atoms with van der Waals surface area (Å²) in [4.78, 5) is 52.5. The Kier molecular flexibility index (Phi) is 8.99. The van der Waals surface area contributed by atoms with E-state index in [1.54, 1.807) is 44.3 Å². The van der Waals surface area contributed by atoms with E-state index >= 15 is 0 Å². The van der Waals surface area contributed by atoms with Crippen LogP contribution in [0.25, 0.3) is 0 Å². The van der Waals surface area contributed by atoms with Gasteiger partial charge in [-0.25, -0.2) is 0 Å². The van der Waals surface area contributed by atoms with Crippen molar-refractivity contribution in [2.24, 2.45) is 11.3 Å². The average Bonchev–Trinajstić information content (AvgIpc) is 3.50. The third kappa shape index (κ3) is 7.46. The number of amides is 4. The summed E-state index contributed by atoms with van der Waals surface area (Å²) in [5.41, 5.74) is -0.934. The lowest BCUT2D eigenvalue weighted by molar-refractivity contribution is -0.157. The van der Waals surface area contributed by atoms with Gasteiger partial charge in [0.05, 0.1) is 10.1 Å². The second kappa shape index (κ2) is 11.3. The first-order valence-corrected chi connectivity index (χ1v) is 14.0. The Morgan fingerprint density at radius 1 is 1.22 bits per heavy atom. The molecule has 0 bridgehead atoms. The van der Waals surface area contributed by atoms with Crippen molar-refractivity contribution in [1.29, 1.82) is 5.26 Å². The summed E-state index contributed by atoms with van der Waals surface area (Å²) in [5.74, 6) is -1.44. The van der Waals surface area contributed by atoms with Gasteiger partial charge in [-0.05, 0) is 18.3 Å². The lowest BCUT2D eigenvalue weighted by Gasteiger charge is -2.35. The molecule has 1 spiro atoms. The van der Waals surface area contributed by atoms with Crippen molar-refractivity contribution in [2.75, 3.05) is 24.6 Å². The molecule has 0 aromatic heterocycles. The summed E-state index contributed by atoms with van der Waals surface area (Å²) >= 11 is 3.24. The van der Waals surface area contributed by atoms with Gasteiger partial charge in [-0.3, -0.25) is 19.2 Å². The number of rotatable bonds is 7. The number of halogens is 3. The molecule has 3 N–H and O–H groups in total. The molecule has 0 saturated carbocycles. The van der Waals surface area contributed by atoms with Gasteiger partial charge in [0.2, 0.25) is 23.6 Å². The highest BCUT2D eigenvalue weighted by Gasteiger charge is 2.53. The van der Waals surface area contributed by atoms with Gasteiger partial charge < -0.3 is 20.9 Å². The van der Waals surface area contributed by atoms with Crippen LogP contribution in [0.5, 0.6) is 0 Å². The first-order chi connectivity index (χ1) is 17.1. The van der Waals surface area contributed by atoms with Crippen molar-refractivity contribution in [1.82, 2.24) is 20.9 Å². The number of carbonyl (C=O) groups excluding carboxylic acids is 4. The fraction of sp³-hybridized carbons (Fsp3) is 0.783. The maximum absolute atomic E-state index is 13.7. The molecule has 0 aliphatic carbocycles. The topological polar surface area (TPSA) is 131 Å². The number of nitriles is 1. The van der Waals surface area contributed by atoms with Crippen LogP contribution in [0.1, 0.15) is 46.5 Å². The normalized spacial score (nSPS) is 24.9. The summed E-state index contributed by atoms with van der Waals surface area (Å²) in [6, 6.07) is -1.19. The lowest BCUT2D eigenvalue weighted by atomic mass is 9.85. The molecule has 37 heavy (non-hydrogen) atoms. The molecule has 3 rings (SSSR count). The highest BCUT2D eigenvalue weighted by atomic mass is 32.2. The van der Waals surface area contributed by atoms with Crippen LogP contribution in [0.3, 0.4) is 0 Å². The first kappa shape index (κ1) is 29.4. The molecule has 206 valence electrons. The predicted octanol–water partition coefficient (Wildman–Crippen LogP) is 1.78. The molecule has 3 fully saturated rings. The van der Waals surface area contributed by atoms with E-state index in [9.17, 15) is 37.6 Å². The van der Waals surface area contributed by atoms with Crippen molar-refractivity contribution in [3.63, 3.8) is 0 Å². The van der Waals surface area contributed by atoms with Gasteiger partial charge in [0.15, 0.2) is 0 Å². The number of hydrogen-bond donors (Lipinski definition) is 3. The second-order valence-electron chi connectivity index (χ2n) is 10.7. The average molecular weight is 564 g/mol. The monoisotopic (exact) mass is 563 g/mol. The molecular weight excluding hydrogens is 531 g/mol. The summed E-state index contributed by atoms with van der Waals surface area (Å²) in [6.45, 7) is 5.57. The quantitative estimate of drug-likeness (QED) is 0.430. The van der Waals surface area contributed by atoms with E-state index in [1.807, 2.05) is 6.07 Å². The maximum Gasteiger partial charge on any atom is 0.397 e. The summed E-state index contributed by atoms with van der Waals surface area (Å²) in [7, 11) is 0. The molecular formula is C23H32F3N5O4S2. The number of nitrogens with one attached hydrogen (secondary N) is 3. The Hall–Kier alpha value is -2.14. The summed E-state index contributed by atoms with van der Waals surface area (Å²) in [5, 5.41) is 17.2. The fourth-order valence-electron chi connectivity index (χ4n) is 4.79. The number of hydrogen-bond acceptors (Lipinski definition) is 7. The lowest BCUT2D eigenvalue weighted by Crippen LogP contribution is -2.58. The Bertz CT molecular complexity index is 959. The van der Waals surface area contributed by atoms with E-state index in [0.717, 1.165) is 11.5 Å². The van der Waals surface area contributed by atoms with E-state index in [0.29, 0.717) is 19.4 Å². The standard InChI is InChI=1S/C23H32F3N5O4S2/c1-21(2,3)17(30-16(32)10-23(24,25)26)20(35)31-12-22(36-6-7-37-22)9-15(31)19(34)29-14(11-27)8-13-4-5-28-18(13)33/h13-15,17H,4-10,12H2,1-3H3,(H,28,33)(H,29,34)(H,30,32)/t13-,14-,15-,17+/m0/s1. The highest BCUT2D eigenvalue weighted by Crippen LogP contribution is 2.52. The Morgan fingerprint density at radius 3 is 2.38 bits per heavy atom. The van der Waals surface area contributed by atoms with Crippen LogP contribution < -0.4 is 16.0 Å². The molecule has 0 radical (unpaired) electrons. The van der Waals surface area contributed by atoms with Crippen LogP contribution in [0.4, 0.5) is 13.2 Å². The van der Waals surface area contributed by atoms with Gasteiger partial charge in [0.1, 0.15) is 24.5 Å². The minimum Gasteiger partial charge on any atom is -0.356 e. The summed E-state index contributed by atoms with van der Waals surface area (Å²) < 4.78 is 37.9. The van der Waals surface area contributed by atoms with Crippen LogP contribution in [0.15, 0.2) is 0 Å². The molecule has 3 aliphatic rings. The minimum absolute atomic E-state index is 0.140. The predicted molar refractivity (Wildman–Crippen MR) is 133 cm³/mol. The van der Waals surface area contributed by atoms with Gasteiger partial charge in [-0.1, -0.05) is 20.8 Å². The molecule has 9 nitrogen and oxygen atoms in total. The Labute approximate surface area is 222 Å². The molecule has 4 amide bonds. The number of alkyl halides is 3. The van der Waals surface area contributed by atoms with Gasteiger partial charge in [0.25, 0.3) is 0 Å². The van der Waals surface area contributed by atoms with Crippen molar-refractivity contribution in [2.45, 2.75) is 74.8 Å². The molecule has 3 aliphatic heterocycles. The fourth-order valence-corrected chi connectivity index (χ4v) is 8.04. The van der Waals surface area contributed by atoms with E-state index < -0.39 is 63.9 Å². The van der Waals surface area contributed by atoms with Gasteiger partial charge in [-0.2, -0.15) is 18.4 Å². The zero-order valence-corrected chi connectivity index (χ0v) is 22.6. The SMILES string of the molecule is CC(C)(C)[C@H](NC(=O)CC(F)(F)F)C(=O)N1CC2(C[C@H]1C(=O)N[C@H](C#N)C[C@@H]1CCNC1=O)SCCS2. The Balaban J connectivity index is 1.80. The maximum atomic E-state index is 13.7. The third-order valence-electron chi connectivity index (χ3n) is 6.63. The van der Waals surface area contributed by atoms with Crippen molar-refractivity contribution in [3.8, 4) is 6.07 Å². The molecule has 3 saturated heterocycles. The van der Waals surface area contributed by atoms with E-state index in [2.05, 4.69) is 16.0 Å². The van der Waals surface area contributed by atoms with Crippen LogP contribution in [-0.2, 0) is 19.2 Å². The number of carbonyl (C=O) groups is 4. The molecule has 0 aromatic rings. The first-order valence-electron chi connectivity index (χ1n) is 12.1. The van der Waals surface area contributed by atoms with E-state index in [4.69, 9.17) is 0 Å². The van der Waals surface area contributed by atoms with Crippen LogP contribution in [-0.4, -0.2) is 81.5 Å². The van der Waals surface area contributed by atoms with Crippen LogP contribution >= 0.6 is 23.5 Å². The summed E-state index contributed by atoms with van der Waals surface area (Å²) in [6.07, 6.45) is -5.45. The second-order valence-corrected chi connectivity index (χ2v) is 13.9. The number of nitrogens with zero attached hydrogens (tertiary/aromatic N) is 2. The van der Waals surface area contributed by atoms with Crippen LogP contribution in [0, 0.1) is 22.7 Å². The zero-order chi connectivity index (χ0) is 27.6. The Morgan fingerprint density at radius 2 is 1.86 bits per heavy atom. The smallest absolute Gasteiger partial charge is 0.356 e. The van der Waals surface area contributed by atoms with Crippen LogP contribution in [0.2, 0.25) is 0 Å². The molecule has 4 atom stereocenters. The third-order valence-corrected chi connectivity index (χ3v) is 10.1. The zero-order valence-electron chi connectivity index (χ0n) is 20.9. The number of likely N-dealkylation sites (tertiary alicyclic amines) is 1. The highest BCUT2D eigenvalue weighted by molar-refractivity contribution is 8.21. The molecule has 0 unspecified atom stereocenters. The van der Waals surface area contributed by atoms with Crippen molar-refractivity contribution in [3.05, 3.63) is 0 Å². The van der Waals surface area contributed by atoms with Gasteiger partial charge in [-0.15, -0.1) is 23.5 Å². The number of thioether (sulfide) groups is 2. The van der Waals surface area contributed by atoms with E-state index in [-0.39, 0.29) is 18.9 Å². The minimum atomic E-state index is -4.73. The molecule has 14 heteroatoms. The largest absolute Gasteiger partial charge is 0.397 e. The molecule has 3 heterocycles.